The third-order valence-corrected chi connectivity index (χ3v) is 5.33. The van der Waals surface area contributed by atoms with Gasteiger partial charge >= 0.3 is 0 Å². The fourth-order valence-corrected chi connectivity index (χ4v) is 3.59. The number of aromatic nitrogens is 1. The van der Waals surface area contributed by atoms with E-state index in [1.54, 1.807) is 24.5 Å². The number of carbonyl (C=O) groups excluding carboxylic acids is 1. The van der Waals surface area contributed by atoms with E-state index in [0.717, 1.165) is 50.4 Å². The van der Waals surface area contributed by atoms with Crippen molar-refractivity contribution in [2.24, 2.45) is 0 Å². The van der Waals surface area contributed by atoms with Gasteiger partial charge in [-0.1, -0.05) is 6.07 Å². The summed E-state index contributed by atoms with van der Waals surface area (Å²) in [6, 6.07) is 8.72. The van der Waals surface area contributed by atoms with Crippen LogP contribution in [0.4, 0.5) is 4.39 Å². The van der Waals surface area contributed by atoms with Crippen LogP contribution >= 0.6 is 0 Å². The molecule has 1 aliphatic rings. The van der Waals surface area contributed by atoms with Crippen molar-refractivity contribution in [3.63, 3.8) is 0 Å². The highest BCUT2D eigenvalue weighted by atomic mass is 19.1. The molecule has 1 aromatic heterocycles. The molecule has 0 saturated carbocycles. The Morgan fingerprint density at radius 3 is 2.67 bits per heavy atom. The lowest BCUT2D eigenvalue weighted by molar-refractivity contribution is -0.132. The molecule has 162 valence electrons. The number of morpholine rings is 1. The Kier molecular flexibility index (Phi) is 8.59. The number of rotatable bonds is 10. The molecule has 0 bridgehead atoms. The van der Waals surface area contributed by atoms with Crippen LogP contribution in [0.25, 0.3) is 0 Å². The summed E-state index contributed by atoms with van der Waals surface area (Å²) in [5.41, 5.74) is 1.85. The van der Waals surface area contributed by atoms with Crippen LogP contribution in [0.2, 0.25) is 0 Å². The molecule has 1 amide bonds. The molecule has 7 heteroatoms. The molecule has 6 nitrogen and oxygen atoms in total. The van der Waals surface area contributed by atoms with Crippen molar-refractivity contribution in [2.75, 3.05) is 46.5 Å². The smallest absolute Gasteiger partial charge is 0.223 e. The summed E-state index contributed by atoms with van der Waals surface area (Å²) < 4.78 is 24.3. The van der Waals surface area contributed by atoms with Crippen LogP contribution in [0.5, 0.6) is 5.75 Å². The predicted octanol–water partition coefficient (Wildman–Crippen LogP) is 2.91. The van der Waals surface area contributed by atoms with Crippen molar-refractivity contribution in [2.45, 2.75) is 25.8 Å². The topological polar surface area (TPSA) is 54.9 Å². The summed E-state index contributed by atoms with van der Waals surface area (Å²) in [7, 11) is 1.44. The van der Waals surface area contributed by atoms with Crippen molar-refractivity contribution in [1.82, 2.24) is 14.8 Å². The second-order valence-electron chi connectivity index (χ2n) is 7.45. The van der Waals surface area contributed by atoms with Gasteiger partial charge < -0.3 is 14.4 Å². The monoisotopic (exact) mass is 415 g/mol. The number of methoxy groups -OCH3 is 1. The average Bonchev–Trinajstić information content (AvgIpc) is 2.78. The van der Waals surface area contributed by atoms with Crippen LogP contribution in [0.1, 0.15) is 24.0 Å². The van der Waals surface area contributed by atoms with Crippen LogP contribution in [0.3, 0.4) is 0 Å². The molecular weight excluding hydrogens is 385 g/mol. The van der Waals surface area contributed by atoms with E-state index < -0.39 is 5.82 Å². The number of nitrogens with zero attached hydrogens (tertiary/aromatic N) is 3. The molecule has 0 radical (unpaired) electrons. The van der Waals surface area contributed by atoms with Crippen molar-refractivity contribution < 1.29 is 18.7 Å². The highest BCUT2D eigenvalue weighted by Gasteiger charge is 2.16. The lowest BCUT2D eigenvalue weighted by atomic mass is 10.1. The number of hydrogen-bond donors (Lipinski definition) is 0. The maximum absolute atomic E-state index is 13.9. The average molecular weight is 416 g/mol. The van der Waals surface area contributed by atoms with Gasteiger partial charge in [-0.3, -0.25) is 14.7 Å². The maximum Gasteiger partial charge on any atom is 0.223 e. The summed E-state index contributed by atoms with van der Waals surface area (Å²) in [5.74, 6) is -0.112. The molecule has 1 fully saturated rings. The first-order valence-electron chi connectivity index (χ1n) is 10.4. The molecule has 0 aliphatic carbocycles. The first-order chi connectivity index (χ1) is 14.7. The zero-order chi connectivity index (χ0) is 21.2. The van der Waals surface area contributed by atoms with Gasteiger partial charge in [0.05, 0.1) is 20.3 Å². The van der Waals surface area contributed by atoms with E-state index in [9.17, 15) is 9.18 Å². The van der Waals surface area contributed by atoms with Crippen LogP contribution in [-0.4, -0.2) is 67.2 Å². The first kappa shape index (κ1) is 22.2. The highest BCUT2D eigenvalue weighted by molar-refractivity contribution is 5.76. The standard InChI is InChI=1S/C23H30FN3O3/c1-29-22-5-3-19(17-21(22)24)4-6-23(28)27(18-20-7-9-25-10-8-20)12-2-11-26-13-15-30-16-14-26/h3,5,7-10,17H,2,4,6,11-16,18H2,1H3. The zero-order valence-electron chi connectivity index (χ0n) is 17.6. The quantitative estimate of drug-likeness (QED) is 0.597. The van der Waals surface area contributed by atoms with Crippen LogP contribution < -0.4 is 4.74 Å². The van der Waals surface area contributed by atoms with E-state index in [0.29, 0.717) is 25.9 Å². The normalized spacial score (nSPS) is 14.5. The first-order valence-corrected chi connectivity index (χ1v) is 10.4. The second kappa shape index (κ2) is 11.6. The van der Waals surface area contributed by atoms with E-state index in [1.165, 1.54) is 13.2 Å². The van der Waals surface area contributed by atoms with E-state index in [1.807, 2.05) is 17.0 Å². The van der Waals surface area contributed by atoms with Gasteiger partial charge in [-0.25, -0.2) is 4.39 Å². The number of hydrogen-bond acceptors (Lipinski definition) is 5. The molecule has 0 unspecified atom stereocenters. The molecule has 0 N–H and O–H groups in total. The summed E-state index contributed by atoms with van der Waals surface area (Å²) in [5, 5.41) is 0. The molecule has 0 atom stereocenters. The van der Waals surface area contributed by atoms with Crippen molar-refractivity contribution in [3.05, 3.63) is 59.7 Å². The van der Waals surface area contributed by atoms with Gasteiger partial charge in [0.25, 0.3) is 0 Å². The van der Waals surface area contributed by atoms with Gasteiger partial charge in [0.1, 0.15) is 0 Å². The van der Waals surface area contributed by atoms with E-state index in [4.69, 9.17) is 9.47 Å². The van der Waals surface area contributed by atoms with Crippen molar-refractivity contribution >= 4 is 5.91 Å². The van der Waals surface area contributed by atoms with Gasteiger partial charge in [0.15, 0.2) is 11.6 Å². The van der Waals surface area contributed by atoms with Crippen molar-refractivity contribution in [3.8, 4) is 5.75 Å². The number of halogens is 1. The molecule has 2 aromatic rings. The number of benzene rings is 1. The van der Waals surface area contributed by atoms with Gasteiger partial charge in [-0.05, 0) is 48.2 Å². The summed E-state index contributed by atoms with van der Waals surface area (Å²) in [6.07, 6.45) is 5.23. The Balaban J connectivity index is 1.56. The Labute approximate surface area is 177 Å². The van der Waals surface area contributed by atoms with Crippen molar-refractivity contribution in [1.29, 1.82) is 0 Å². The van der Waals surface area contributed by atoms with Crippen LogP contribution in [-0.2, 0) is 22.5 Å². The molecule has 3 rings (SSSR count). The molecule has 1 aliphatic heterocycles. The maximum atomic E-state index is 13.9. The van der Waals surface area contributed by atoms with E-state index in [2.05, 4.69) is 9.88 Å². The Morgan fingerprint density at radius 1 is 1.20 bits per heavy atom. The summed E-state index contributed by atoms with van der Waals surface area (Å²) >= 11 is 0. The second-order valence-corrected chi connectivity index (χ2v) is 7.45. The van der Waals surface area contributed by atoms with Gasteiger partial charge in [0.2, 0.25) is 5.91 Å². The fraction of sp³-hybridized carbons (Fsp3) is 0.478. The molecule has 1 aromatic carbocycles. The highest BCUT2D eigenvalue weighted by Crippen LogP contribution is 2.19. The SMILES string of the molecule is COc1ccc(CCC(=O)N(CCCN2CCOCC2)Cc2ccncc2)cc1F. The lowest BCUT2D eigenvalue weighted by Gasteiger charge is -2.28. The molecule has 0 spiro atoms. The largest absolute Gasteiger partial charge is 0.494 e. The number of ether oxygens (including phenoxy) is 2. The molecular formula is C23H30FN3O3. The summed E-state index contributed by atoms with van der Waals surface area (Å²) in [6.45, 7) is 5.64. The molecule has 30 heavy (non-hydrogen) atoms. The number of carbonyl (C=O) groups is 1. The van der Waals surface area contributed by atoms with Crippen LogP contribution in [0, 0.1) is 5.82 Å². The number of amides is 1. The number of aryl methyl sites for hydroxylation is 1. The minimum atomic E-state index is -0.401. The van der Waals surface area contributed by atoms with Gasteiger partial charge in [-0.15, -0.1) is 0 Å². The molecule has 2 heterocycles. The Hall–Kier alpha value is -2.51. The Morgan fingerprint density at radius 2 is 1.97 bits per heavy atom. The molecule has 1 saturated heterocycles. The van der Waals surface area contributed by atoms with E-state index in [-0.39, 0.29) is 11.7 Å². The third kappa shape index (κ3) is 6.78. The predicted molar refractivity (Wildman–Crippen MR) is 113 cm³/mol. The minimum Gasteiger partial charge on any atom is -0.494 e. The summed E-state index contributed by atoms with van der Waals surface area (Å²) in [4.78, 5) is 21.3. The van der Waals surface area contributed by atoms with E-state index >= 15 is 0 Å². The van der Waals surface area contributed by atoms with Crippen LogP contribution in [0.15, 0.2) is 42.7 Å². The third-order valence-electron chi connectivity index (χ3n) is 5.33. The fourth-order valence-electron chi connectivity index (χ4n) is 3.59. The minimum absolute atomic E-state index is 0.0741. The lowest BCUT2D eigenvalue weighted by Crippen LogP contribution is -2.39. The number of pyridine rings is 1. The van der Waals surface area contributed by atoms with Gasteiger partial charge in [-0.2, -0.15) is 0 Å². The zero-order valence-corrected chi connectivity index (χ0v) is 17.6. The Bertz CT molecular complexity index is 798. The van der Waals surface area contributed by atoms with Gasteiger partial charge in [0, 0.05) is 51.5 Å².